The minimum absolute atomic E-state index is 0.339. The van der Waals surface area contributed by atoms with Gasteiger partial charge in [-0.3, -0.25) is 0 Å². The third-order valence-corrected chi connectivity index (χ3v) is 3.55. The summed E-state index contributed by atoms with van der Waals surface area (Å²) >= 11 is 5.85. The highest BCUT2D eigenvalue weighted by atomic mass is 35.5. The number of hydrogen-bond acceptors (Lipinski definition) is 2. The summed E-state index contributed by atoms with van der Waals surface area (Å²) in [6.07, 6.45) is 2.10. The molecule has 2 rings (SSSR count). The van der Waals surface area contributed by atoms with Crippen LogP contribution in [0.5, 0.6) is 5.75 Å². The van der Waals surface area contributed by atoms with Crippen molar-refractivity contribution in [3.8, 4) is 5.75 Å². The molecule has 0 amide bonds. The van der Waals surface area contributed by atoms with Crippen LogP contribution in [0.4, 0.5) is 0 Å². The Hall–Kier alpha value is -1.51. The maximum absolute atomic E-state index is 5.85. The van der Waals surface area contributed by atoms with E-state index in [0.717, 1.165) is 23.6 Å². The van der Waals surface area contributed by atoms with Crippen LogP contribution in [0.25, 0.3) is 0 Å². The number of likely N-dealkylation sites (N-methyl/N-ethyl adjacent to an activating group) is 1. The molecule has 0 saturated carbocycles. The van der Waals surface area contributed by atoms with E-state index in [4.69, 9.17) is 16.3 Å². The first kappa shape index (κ1) is 14.9. The van der Waals surface area contributed by atoms with Crippen LogP contribution in [0.2, 0.25) is 5.02 Å². The summed E-state index contributed by atoms with van der Waals surface area (Å²) in [5.41, 5.74) is 1.36. The van der Waals surface area contributed by atoms with Gasteiger partial charge >= 0.3 is 0 Å². The lowest BCUT2D eigenvalue weighted by molar-refractivity contribution is 0.263. The summed E-state index contributed by atoms with van der Waals surface area (Å²) < 4.78 is 5.78. The van der Waals surface area contributed by atoms with Gasteiger partial charge in [0.25, 0.3) is 0 Å². The maximum Gasteiger partial charge on any atom is 0.119 e. The number of ether oxygens (including phenoxy) is 1. The molecule has 0 bridgehead atoms. The SMILES string of the molecule is CNC(CCc1ccccc1)COc1ccc(Cl)cc1. The second-order valence-electron chi connectivity index (χ2n) is 4.77. The highest BCUT2D eigenvalue weighted by molar-refractivity contribution is 6.30. The third-order valence-electron chi connectivity index (χ3n) is 3.30. The molecule has 106 valence electrons. The molecule has 1 atom stereocenters. The molecule has 0 aliphatic heterocycles. The van der Waals surface area contributed by atoms with Crippen molar-refractivity contribution in [2.75, 3.05) is 13.7 Å². The predicted molar refractivity (Wildman–Crippen MR) is 84.6 cm³/mol. The molecule has 0 aromatic heterocycles. The van der Waals surface area contributed by atoms with Gasteiger partial charge in [-0.15, -0.1) is 0 Å². The van der Waals surface area contributed by atoms with Crippen molar-refractivity contribution in [3.05, 3.63) is 65.2 Å². The van der Waals surface area contributed by atoms with Gasteiger partial charge in [0.2, 0.25) is 0 Å². The summed E-state index contributed by atoms with van der Waals surface area (Å²) in [7, 11) is 1.97. The van der Waals surface area contributed by atoms with Gasteiger partial charge < -0.3 is 10.1 Å². The molecule has 2 aromatic rings. The molecule has 3 heteroatoms. The molecule has 1 N–H and O–H groups in total. The van der Waals surface area contributed by atoms with Crippen LogP contribution in [-0.4, -0.2) is 19.7 Å². The summed E-state index contributed by atoms with van der Waals surface area (Å²) in [4.78, 5) is 0. The molecule has 0 aliphatic carbocycles. The quantitative estimate of drug-likeness (QED) is 0.833. The second-order valence-corrected chi connectivity index (χ2v) is 5.21. The van der Waals surface area contributed by atoms with E-state index in [1.807, 2.05) is 37.4 Å². The molecule has 0 radical (unpaired) electrons. The zero-order valence-corrected chi connectivity index (χ0v) is 12.4. The maximum atomic E-state index is 5.85. The number of aryl methyl sites for hydroxylation is 1. The van der Waals surface area contributed by atoms with Crippen molar-refractivity contribution >= 4 is 11.6 Å². The molecule has 2 aromatic carbocycles. The Balaban J connectivity index is 1.79. The first-order chi connectivity index (χ1) is 9.78. The van der Waals surface area contributed by atoms with Gasteiger partial charge in [-0.05, 0) is 49.7 Å². The highest BCUT2D eigenvalue weighted by Gasteiger charge is 2.07. The number of nitrogens with one attached hydrogen (secondary N) is 1. The summed E-state index contributed by atoms with van der Waals surface area (Å²) in [5.74, 6) is 0.856. The number of halogens is 1. The summed E-state index contributed by atoms with van der Waals surface area (Å²) in [6, 6.07) is 18.3. The Morgan fingerprint density at radius 2 is 1.75 bits per heavy atom. The van der Waals surface area contributed by atoms with Crippen LogP contribution in [0.15, 0.2) is 54.6 Å². The molecule has 20 heavy (non-hydrogen) atoms. The lowest BCUT2D eigenvalue weighted by atomic mass is 10.1. The monoisotopic (exact) mass is 289 g/mol. The standard InChI is InChI=1S/C17H20ClNO/c1-19-16(10-7-14-5-3-2-4-6-14)13-20-17-11-8-15(18)9-12-17/h2-6,8-9,11-12,16,19H,7,10,13H2,1H3. The first-order valence-corrected chi connectivity index (χ1v) is 7.25. The molecule has 0 aliphatic rings. The Morgan fingerprint density at radius 1 is 1.05 bits per heavy atom. The lowest BCUT2D eigenvalue weighted by Crippen LogP contribution is -2.32. The van der Waals surface area contributed by atoms with E-state index < -0.39 is 0 Å². The number of benzene rings is 2. The first-order valence-electron chi connectivity index (χ1n) is 6.87. The predicted octanol–water partition coefficient (Wildman–Crippen LogP) is 3.94. The van der Waals surface area contributed by atoms with E-state index in [1.54, 1.807) is 0 Å². The minimum atomic E-state index is 0.339. The van der Waals surface area contributed by atoms with Gasteiger partial charge in [-0.25, -0.2) is 0 Å². The topological polar surface area (TPSA) is 21.3 Å². The van der Waals surface area contributed by atoms with E-state index in [9.17, 15) is 0 Å². The Labute approximate surface area is 125 Å². The molecular weight excluding hydrogens is 270 g/mol. The fourth-order valence-corrected chi connectivity index (χ4v) is 2.15. The third kappa shape index (κ3) is 4.87. The highest BCUT2D eigenvalue weighted by Crippen LogP contribution is 2.16. The van der Waals surface area contributed by atoms with Crippen molar-refractivity contribution in [3.63, 3.8) is 0 Å². The van der Waals surface area contributed by atoms with Crippen LogP contribution >= 0.6 is 11.6 Å². The Morgan fingerprint density at radius 3 is 2.40 bits per heavy atom. The van der Waals surface area contributed by atoms with Gasteiger partial charge in [-0.2, -0.15) is 0 Å². The average molecular weight is 290 g/mol. The van der Waals surface area contributed by atoms with Crippen molar-refractivity contribution in [2.45, 2.75) is 18.9 Å². The number of rotatable bonds is 7. The van der Waals surface area contributed by atoms with E-state index in [-0.39, 0.29) is 0 Å². The molecule has 2 nitrogen and oxygen atoms in total. The van der Waals surface area contributed by atoms with Crippen molar-refractivity contribution < 1.29 is 4.74 Å². The van der Waals surface area contributed by atoms with Crippen molar-refractivity contribution in [2.24, 2.45) is 0 Å². The molecule has 0 fully saturated rings. The second kappa shape index (κ2) is 7.93. The van der Waals surface area contributed by atoms with Gasteiger partial charge in [-0.1, -0.05) is 41.9 Å². The van der Waals surface area contributed by atoms with Gasteiger partial charge in [0.15, 0.2) is 0 Å². The molecule has 0 spiro atoms. The van der Waals surface area contributed by atoms with Crippen molar-refractivity contribution in [1.29, 1.82) is 0 Å². The smallest absolute Gasteiger partial charge is 0.119 e. The average Bonchev–Trinajstić information content (AvgIpc) is 2.50. The largest absolute Gasteiger partial charge is 0.492 e. The van der Waals surface area contributed by atoms with Gasteiger partial charge in [0, 0.05) is 11.1 Å². The van der Waals surface area contributed by atoms with E-state index in [1.165, 1.54) is 5.56 Å². The normalized spacial score (nSPS) is 12.1. The lowest BCUT2D eigenvalue weighted by Gasteiger charge is -2.17. The molecule has 0 heterocycles. The molecular formula is C17H20ClNO. The van der Waals surface area contributed by atoms with Gasteiger partial charge in [0.1, 0.15) is 12.4 Å². The van der Waals surface area contributed by atoms with Crippen LogP contribution < -0.4 is 10.1 Å². The zero-order chi connectivity index (χ0) is 14.2. The van der Waals surface area contributed by atoms with E-state index >= 15 is 0 Å². The Kier molecular flexibility index (Phi) is 5.90. The summed E-state index contributed by atoms with van der Waals surface area (Å²) in [6.45, 7) is 0.658. The van der Waals surface area contributed by atoms with Gasteiger partial charge in [0.05, 0.1) is 0 Å². The van der Waals surface area contributed by atoms with Crippen LogP contribution in [0.3, 0.4) is 0 Å². The Bertz CT molecular complexity index is 498. The summed E-state index contributed by atoms with van der Waals surface area (Å²) in [5, 5.41) is 4.03. The van der Waals surface area contributed by atoms with Crippen LogP contribution in [0, 0.1) is 0 Å². The molecule has 1 unspecified atom stereocenters. The van der Waals surface area contributed by atoms with E-state index in [2.05, 4.69) is 29.6 Å². The van der Waals surface area contributed by atoms with Crippen LogP contribution in [-0.2, 0) is 6.42 Å². The van der Waals surface area contributed by atoms with Crippen molar-refractivity contribution in [1.82, 2.24) is 5.32 Å². The van der Waals surface area contributed by atoms with Crippen LogP contribution in [0.1, 0.15) is 12.0 Å². The number of hydrogen-bond donors (Lipinski definition) is 1. The minimum Gasteiger partial charge on any atom is -0.492 e. The molecule has 0 saturated heterocycles. The fraction of sp³-hybridized carbons (Fsp3) is 0.294. The van der Waals surface area contributed by atoms with E-state index in [0.29, 0.717) is 12.6 Å². The fourth-order valence-electron chi connectivity index (χ4n) is 2.02. The zero-order valence-electron chi connectivity index (χ0n) is 11.7.